The number of nitrogens with two attached hydrogens (primary N) is 1. The first-order valence-electron chi connectivity index (χ1n) is 4.46. The zero-order chi connectivity index (χ0) is 10.1. The first kappa shape index (κ1) is 9.43. The van der Waals surface area contributed by atoms with Crippen LogP contribution in [0.4, 0.5) is 4.39 Å². The number of benzene rings is 1. The second kappa shape index (κ2) is 3.55. The van der Waals surface area contributed by atoms with Crippen LogP contribution < -0.4 is 10.5 Å². The monoisotopic (exact) mass is 197 g/mol. The van der Waals surface area contributed by atoms with Crippen LogP contribution in [0.1, 0.15) is 11.1 Å². The fourth-order valence-electron chi connectivity index (χ4n) is 1.68. The van der Waals surface area contributed by atoms with Gasteiger partial charge in [0.25, 0.3) is 0 Å². The van der Waals surface area contributed by atoms with Crippen molar-refractivity contribution in [2.24, 2.45) is 5.73 Å². The van der Waals surface area contributed by atoms with E-state index in [1.165, 1.54) is 6.07 Å². The molecule has 0 aliphatic carbocycles. The van der Waals surface area contributed by atoms with Crippen molar-refractivity contribution in [2.45, 2.75) is 19.3 Å². The van der Waals surface area contributed by atoms with Gasteiger partial charge in [0.15, 0.2) is 0 Å². The molecule has 0 amide bonds. The van der Waals surface area contributed by atoms with E-state index in [9.17, 15) is 4.39 Å². The molecule has 1 heterocycles. The Balaban J connectivity index is 2.41. The Morgan fingerprint density at radius 1 is 1.64 bits per heavy atom. The van der Waals surface area contributed by atoms with E-state index in [4.69, 9.17) is 15.2 Å². The lowest BCUT2D eigenvalue weighted by Gasteiger charge is -2.06. The number of halogens is 1. The van der Waals surface area contributed by atoms with Crippen LogP contribution in [-0.4, -0.2) is 13.4 Å². The van der Waals surface area contributed by atoms with Crippen molar-refractivity contribution in [1.82, 2.24) is 0 Å². The lowest BCUT2D eigenvalue weighted by atomic mass is 10.0. The van der Waals surface area contributed by atoms with Crippen molar-refractivity contribution in [3.63, 3.8) is 0 Å². The molecule has 0 spiro atoms. The van der Waals surface area contributed by atoms with Gasteiger partial charge in [0.05, 0.1) is 0 Å². The van der Waals surface area contributed by atoms with E-state index < -0.39 is 0 Å². The van der Waals surface area contributed by atoms with Crippen LogP contribution in [0.15, 0.2) is 12.1 Å². The fourth-order valence-corrected chi connectivity index (χ4v) is 1.68. The third-order valence-corrected chi connectivity index (χ3v) is 2.43. The molecule has 0 saturated carbocycles. The summed E-state index contributed by atoms with van der Waals surface area (Å²) in [5.74, 6) is 0.408. The second-order valence-corrected chi connectivity index (χ2v) is 3.19. The molecule has 0 bridgehead atoms. The van der Waals surface area contributed by atoms with E-state index in [2.05, 4.69) is 0 Å². The van der Waals surface area contributed by atoms with Crippen molar-refractivity contribution in [3.8, 4) is 5.75 Å². The highest BCUT2D eigenvalue weighted by Crippen LogP contribution is 2.32. The van der Waals surface area contributed by atoms with Crippen LogP contribution >= 0.6 is 0 Å². The van der Waals surface area contributed by atoms with E-state index >= 15 is 0 Å². The first-order chi connectivity index (χ1) is 6.76. The van der Waals surface area contributed by atoms with Gasteiger partial charge in [0.1, 0.15) is 11.6 Å². The summed E-state index contributed by atoms with van der Waals surface area (Å²) in [7, 11) is 1.56. The van der Waals surface area contributed by atoms with Crippen molar-refractivity contribution >= 4 is 0 Å². The van der Waals surface area contributed by atoms with Crippen LogP contribution in [0.2, 0.25) is 0 Å². The fraction of sp³-hybridized carbons (Fsp3) is 0.400. The average Bonchev–Trinajstić information content (AvgIpc) is 2.60. The summed E-state index contributed by atoms with van der Waals surface area (Å²) in [4.78, 5) is 0. The van der Waals surface area contributed by atoms with Gasteiger partial charge in [-0.3, -0.25) is 0 Å². The molecule has 2 rings (SSSR count). The van der Waals surface area contributed by atoms with Crippen molar-refractivity contribution in [2.75, 3.05) is 7.11 Å². The molecule has 0 fully saturated rings. The Bertz CT molecular complexity index is 354. The smallest absolute Gasteiger partial charge is 0.203 e. The molecule has 76 valence electrons. The maximum absolute atomic E-state index is 13.3. The van der Waals surface area contributed by atoms with Crippen LogP contribution in [0.25, 0.3) is 0 Å². The third kappa shape index (κ3) is 1.36. The third-order valence-electron chi connectivity index (χ3n) is 2.43. The number of hydrogen-bond acceptors (Lipinski definition) is 3. The quantitative estimate of drug-likeness (QED) is 0.774. The van der Waals surface area contributed by atoms with E-state index in [0.29, 0.717) is 17.7 Å². The molecule has 2 N–H and O–H groups in total. The van der Waals surface area contributed by atoms with Crippen LogP contribution in [0, 0.1) is 5.82 Å². The van der Waals surface area contributed by atoms with Gasteiger partial charge in [-0.25, -0.2) is 4.39 Å². The lowest BCUT2D eigenvalue weighted by Crippen LogP contribution is -2.14. The Morgan fingerprint density at radius 2 is 2.43 bits per heavy atom. The number of ether oxygens (including phenoxy) is 2. The maximum Gasteiger partial charge on any atom is 0.203 e. The van der Waals surface area contributed by atoms with Gasteiger partial charge < -0.3 is 15.2 Å². The minimum absolute atomic E-state index is 0.189. The highest BCUT2D eigenvalue weighted by atomic mass is 19.1. The summed E-state index contributed by atoms with van der Waals surface area (Å²) in [5.41, 5.74) is 6.84. The second-order valence-electron chi connectivity index (χ2n) is 3.19. The molecule has 0 radical (unpaired) electrons. The molecule has 0 unspecified atom stereocenters. The Labute approximate surface area is 81.6 Å². The molecule has 1 aromatic rings. The predicted molar refractivity (Wildman–Crippen MR) is 49.4 cm³/mol. The van der Waals surface area contributed by atoms with Gasteiger partial charge in [-0.1, -0.05) is 0 Å². The molecular formula is C10H12FNO2. The number of rotatable bonds is 2. The Morgan fingerprint density at radius 3 is 3.07 bits per heavy atom. The van der Waals surface area contributed by atoms with Crippen LogP contribution in [0.5, 0.6) is 5.75 Å². The van der Waals surface area contributed by atoms with Crippen molar-refractivity contribution in [1.29, 1.82) is 0 Å². The SMILES string of the molecule is CO[C@@H]1Cc2c(ccc(F)c2CN)O1. The minimum atomic E-state index is -0.308. The highest BCUT2D eigenvalue weighted by Gasteiger charge is 2.26. The molecule has 0 aromatic heterocycles. The average molecular weight is 197 g/mol. The van der Waals surface area contributed by atoms with E-state index in [-0.39, 0.29) is 18.7 Å². The predicted octanol–water partition coefficient (Wildman–Crippen LogP) is 1.19. The molecule has 1 aliphatic heterocycles. The number of fused-ring (bicyclic) bond motifs is 1. The van der Waals surface area contributed by atoms with Gasteiger partial charge in [-0.05, 0) is 12.1 Å². The van der Waals surface area contributed by atoms with E-state index in [1.807, 2.05) is 0 Å². The molecule has 3 nitrogen and oxygen atoms in total. The summed E-state index contributed by atoms with van der Waals surface area (Å²) < 4.78 is 23.8. The van der Waals surface area contributed by atoms with Gasteiger partial charge in [0.2, 0.25) is 6.29 Å². The molecule has 1 aliphatic rings. The van der Waals surface area contributed by atoms with Crippen LogP contribution in [0.3, 0.4) is 0 Å². The first-order valence-corrected chi connectivity index (χ1v) is 4.46. The largest absolute Gasteiger partial charge is 0.464 e. The minimum Gasteiger partial charge on any atom is -0.464 e. The molecular weight excluding hydrogens is 185 g/mol. The summed E-state index contributed by atoms with van der Waals surface area (Å²) in [6.45, 7) is 0.189. The van der Waals surface area contributed by atoms with Crippen molar-refractivity contribution < 1.29 is 13.9 Å². The highest BCUT2D eigenvalue weighted by molar-refractivity contribution is 5.44. The maximum atomic E-state index is 13.3. The van der Waals surface area contributed by atoms with Gasteiger partial charge in [-0.2, -0.15) is 0 Å². The van der Waals surface area contributed by atoms with Gasteiger partial charge in [-0.15, -0.1) is 0 Å². The van der Waals surface area contributed by atoms with E-state index in [1.54, 1.807) is 13.2 Å². The number of methoxy groups -OCH3 is 1. The summed E-state index contributed by atoms with van der Waals surface area (Å²) >= 11 is 0. The zero-order valence-corrected chi connectivity index (χ0v) is 7.92. The Hall–Kier alpha value is -1.13. The zero-order valence-electron chi connectivity index (χ0n) is 7.92. The molecule has 14 heavy (non-hydrogen) atoms. The topological polar surface area (TPSA) is 44.5 Å². The van der Waals surface area contributed by atoms with Crippen LogP contribution in [-0.2, 0) is 17.7 Å². The molecule has 4 heteroatoms. The summed E-state index contributed by atoms with van der Waals surface area (Å²) in [6.07, 6.45) is 0.257. The molecule has 0 saturated heterocycles. The molecule has 1 atom stereocenters. The summed E-state index contributed by atoms with van der Waals surface area (Å²) in [5, 5.41) is 0. The van der Waals surface area contributed by atoms with Crippen molar-refractivity contribution in [3.05, 3.63) is 29.1 Å². The van der Waals surface area contributed by atoms with Gasteiger partial charge >= 0.3 is 0 Å². The number of hydrogen-bond donors (Lipinski definition) is 1. The standard InChI is InChI=1S/C10H12FNO2/c1-13-10-4-6-7(5-12)8(11)2-3-9(6)14-10/h2-3,10H,4-5,12H2,1H3/t10-/m0/s1. The normalized spacial score (nSPS) is 19.2. The van der Waals surface area contributed by atoms with Gasteiger partial charge in [0, 0.05) is 31.2 Å². The summed E-state index contributed by atoms with van der Waals surface area (Å²) in [6, 6.07) is 2.99. The lowest BCUT2D eigenvalue weighted by molar-refractivity contribution is -0.0367. The van der Waals surface area contributed by atoms with E-state index in [0.717, 1.165) is 5.56 Å². The Kier molecular flexibility index (Phi) is 2.39. The molecule has 1 aromatic carbocycles.